The predicted molar refractivity (Wildman–Crippen MR) is 74.1 cm³/mol. The van der Waals surface area contributed by atoms with E-state index in [1.807, 2.05) is 25.1 Å². The second-order valence-electron chi connectivity index (χ2n) is 5.69. The molecule has 2 aromatic rings. The van der Waals surface area contributed by atoms with Gasteiger partial charge in [-0.15, -0.1) is 0 Å². The van der Waals surface area contributed by atoms with Gasteiger partial charge in [-0.25, -0.2) is 0 Å². The first-order valence-electron chi connectivity index (χ1n) is 7.07. The number of nitrogens with two attached hydrogens (primary N) is 1. The van der Waals surface area contributed by atoms with E-state index in [1.165, 1.54) is 6.42 Å². The number of anilines is 1. The molecule has 1 aromatic heterocycles. The number of aromatic nitrogens is 2. The van der Waals surface area contributed by atoms with Crippen molar-refractivity contribution in [3.63, 3.8) is 0 Å². The maximum atomic E-state index is 5.93. The van der Waals surface area contributed by atoms with Gasteiger partial charge >= 0.3 is 0 Å². The van der Waals surface area contributed by atoms with Crippen LogP contribution in [-0.4, -0.2) is 22.3 Å². The maximum absolute atomic E-state index is 5.93. The topological polar surface area (TPSA) is 74.2 Å². The lowest BCUT2D eigenvalue weighted by atomic mass is 9.89. The molecule has 2 N–H and O–H groups in total. The van der Waals surface area contributed by atoms with Crippen LogP contribution < -0.4 is 5.73 Å². The van der Waals surface area contributed by atoms with E-state index in [-0.39, 0.29) is 12.0 Å². The highest BCUT2D eigenvalue weighted by Crippen LogP contribution is 2.43. The molecule has 5 nitrogen and oxygen atoms in total. The van der Waals surface area contributed by atoms with Gasteiger partial charge in [0, 0.05) is 11.3 Å². The molecule has 0 spiro atoms. The molecule has 20 heavy (non-hydrogen) atoms. The molecule has 1 aromatic carbocycles. The minimum absolute atomic E-state index is 0.271. The van der Waals surface area contributed by atoms with Crippen LogP contribution >= 0.6 is 0 Å². The molecule has 2 aliphatic rings. The monoisotopic (exact) mass is 271 g/mol. The fourth-order valence-corrected chi connectivity index (χ4v) is 3.29. The minimum Gasteiger partial charge on any atom is -0.398 e. The molecule has 104 valence electrons. The van der Waals surface area contributed by atoms with E-state index in [4.69, 9.17) is 15.0 Å². The molecule has 0 amide bonds. The SMILES string of the molecule is Cc1c(N)cccc1-c1nc(C2CC3CCC2O3)no1. The Balaban J connectivity index is 1.67. The van der Waals surface area contributed by atoms with Gasteiger partial charge in [-0.2, -0.15) is 4.98 Å². The van der Waals surface area contributed by atoms with Crippen LogP contribution in [0.25, 0.3) is 11.5 Å². The van der Waals surface area contributed by atoms with Gasteiger partial charge in [-0.1, -0.05) is 11.2 Å². The van der Waals surface area contributed by atoms with Gasteiger partial charge in [0.05, 0.1) is 18.1 Å². The molecule has 4 rings (SSSR count). The largest absolute Gasteiger partial charge is 0.398 e. The van der Waals surface area contributed by atoms with Crippen molar-refractivity contribution in [2.24, 2.45) is 0 Å². The number of nitrogen functional groups attached to an aromatic ring is 1. The van der Waals surface area contributed by atoms with Crippen molar-refractivity contribution in [2.45, 2.75) is 44.3 Å². The van der Waals surface area contributed by atoms with Crippen LogP contribution in [0.1, 0.15) is 36.6 Å². The summed E-state index contributed by atoms with van der Waals surface area (Å²) in [6.07, 6.45) is 3.95. The third-order valence-corrected chi connectivity index (χ3v) is 4.49. The summed E-state index contributed by atoms with van der Waals surface area (Å²) >= 11 is 0. The Bertz CT molecular complexity index is 652. The summed E-state index contributed by atoms with van der Waals surface area (Å²) < 4.78 is 11.3. The van der Waals surface area contributed by atoms with Crippen LogP contribution in [0, 0.1) is 6.92 Å². The number of fused-ring (bicyclic) bond motifs is 2. The van der Waals surface area contributed by atoms with Gasteiger partial charge in [0.25, 0.3) is 5.89 Å². The Morgan fingerprint density at radius 2 is 2.20 bits per heavy atom. The van der Waals surface area contributed by atoms with E-state index in [1.54, 1.807) is 0 Å². The molecule has 0 saturated carbocycles. The standard InChI is InChI=1S/C15H17N3O2/c1-8-10(3-2-4-12(8)16)15-17-14(18-20-15)11-7-9-5-6-13(11)19-9/h2-4,9,11,13H,5-7,16H2,1H3. The summed E-state index contributed by atoms with van der Waals surface area (Å²) in [7, 11) is 0. The van der Waals surface area contributed by atoms with E-state index < -0.39 is 0 Å². The number of benzene rings is 1. The molecule has 2 aliphatic heterocycles. The number of nitrogens with zero attached hydrogens (tertiary/aromatic N) is 2. The van der Waals surface area contributed by atoms with E-state index in [2.05, 4.69) is 10.1 Å². The van der Waals surface area contributed by atoms with Gasteiger partial charge < -0.3 is 15.0 Å². The van der Waals surface area contributed by atoms with Crippen LogP contribution in [0.15, 0.2) is 22.7 Å². The summed E-state index contributed by atoms with van der Waals surface area (Å²) in [5, 5.41) is 4.16. The molecule has 3 atom stereocenters. The summed E-state index contributed by atoms with van der Waals surface area (Å²) in [5.74, 6) is 1.61. The number of ether oxygens (including phenoxy) is 1. The lowest BCUT2D eigenvalue weighted by molar-refractivity contribution is 0.0996. The predicted octanol–water partition coefficient (Wildman–Crippen LogP) is 2.66. The highest BCUT2D eigenvalue weighted by molar-refractivity contribution is 5.66. The van der Waals surface area contributed by atoms with Gasteiger partial charge in [0.1, 0.15) is 0 Å². The lowest BCUT2D eigenvalue weighted by Gasteiger charge is -2.13. The zero-order chi connectivity index (χ0) is 13.7. The first-order valence-corrected chi connectivity index (χ1v) is 7.07. The van der Waals surface area contributed by atoms with Crippen LogP contribution in [0.3, 0.4) is 0 Å². The molecule has 2 bridgehead atoms. The normalized spacial score (nSPS) is 28.1. The average molecular weight is 271 g/mol. The fraction of sp³-hybridized carbons (Fsp3) is 0.467. The van der Waals surface area contributed by atoms with E-state index in [0.29, 0.717) is 12.0 Å². The molecule has 2 fully saturated rings. The lowest BCUT2D eigenvalue weighted by Crippen LogP contribution is -2.15. The van der Waals surface area contributed by atoms with Crippen LogP contribution in [0.5, 0.6) is 0 Å². The highest BCUT2D eigenvalue weighted by Gasteiger charge is 2.43. The van der Waals surface area contributed by atoms with Crippen LogP contribution in [-0.2, 0) is 4.74 Å². The van der Waals surface area contributed by atoms with Crippen molar-refractivity contribution in [1.82, 2.24) is 10.1 Å². The molecule has 0 aliphatic carbocycles. The van der Waals surface area contributed by atoms with Crippen molar-refractivity contribution >= 4 is 5.69 Å². The fourth-order valence-electron chi connectivity index (χ4n) is 3.29. The molecular formula is C15H17N3O2. The summed E-state index contributed by atoms with van der Waals surface area (Å²) in [4.78, 5) is 4.57. The second-order valence-corrected chi connectivity index (χ2v) is 5.69. The van der Waals surface area contributed by atoms with Crippen molar-refractivity contribution in [1.29, 1.82) is 0 Å². The smallest absolute Gasteiger partial charge is 0.258 e. The zero-order valence-electron chi connectivity index (χ0n) is 11.4. The number of hydrogen-bond acceptors (Lipinski definition) is 5. The Morgan fingerprint density at radius 1 is 1.30 bits per heavy atom. The third kappa shape index (κ3) is 1.73. The summed E-state index contributed by atoms with van der Waals surface area (Å²) in [6.45, 7) is 1.97. The van der Waals surface area contributed by atoms with E-state index in [9.17, 15) is 0 Å². The third-order valence-electron chi connectivity index (χ3n) is 4.49. The summed E-state index contributed by atoms with van der Waals surface area (Å²) in [6, 6.07) is 5.74. The quantitative estimate of drug-likeness (QED) is 0.850. The number of rotatable bonds is 2. The van der Waals surface area contributed by atoms with Gasteiger partial charge in [-0.05, 0) is 43.9 Å². The van der Waals surface area contributed by atoms with Gasteiger partial charge in [-0.3, -0.25) is 0 Å². The molecular weight excluding hydrogens is 254 g/mol. The Hall–Kier alpha value is -1.88. The maximum Gasteiger partial charge on any atom is 0.258 e. The molecule has 5 heteroatoms. The molecule has 2 saturated heterocycles. The molecule has 0 radical (unpaired) electrons. The van der Waals surface area contributed by atoms with Gasteiger partial charge in [0.2, 0.25) is 0 Å². The Morgan fingerprint density at radius 3 is 2.95 bits per heavy atom. The van der Waals surface area contributed by atoms with E-state index in [0.717, 1.165) is 35.5 Å². The second kappa shape index (κ2) is 4.31. The van der Waals surface area contributed by atoms with Crippen LogP contribution in [0.2, 0.25) is 0 Å². The summed E-state index contributed by atoms with van der Waals surface area (Å²) in [5.41, 5.74) is 8.56. The van der Waals surface area contributed by atoms with Crippen molar-refractivity contribution < 1.29 is 9.26 Å². The Labute approximate surface area is 117 Å². The minimum atomic E-state index is 0.271. The van der Waals surface area contributed by atoms with Gasteiger partial charge in [0.15, 0.2) is 5.82 Å². The molecule has 3 heterocycles. The molecule has 3 unspecified atom stereocenters. The highest BCUT2D eigenvalue weighted by atomic mass is 16.5. The Kier molecular flexibility index (Phi) is 2.57. The van der Waals surface area contributed by atoms with Crippen LogP contribution in [0.4, 0.5) is 5.69 Å². The first kappa shape index (κ1) is 11.9. The van der Waals surface area contributed by atoms with Crippen molar-refractivity contribution in [3.8, 4) is 11.5 Å². The number of hydrogen-bond donors (Lipinski definition) is 1. The van der Waals surface area contributed by atoms with E-state index >= 15 is 0 Å². The first-order chi connectivity index (χ1) is 9.72. The zero-order valence-corrected chi connectivity index (χ0v) is 11.4. The van der Waals surface area contributed by atoms with Crippen molar-refractivity contribution in [3.05, 3.63) is 29.6 Å². The van der Waals surface area contributed by atoms with Crippen molar-refractivity contribution in [2.75, 3.05) is 5.73 Å². The average Bonchev–Trinajstić information content (AvgIpc) is 3.16.